The number of aromatic nitrogens is 1. The number of rotatable bonds is 8. The van der Waals surface area contributed by atoms with Gasteiger partial charge in [-0.15, -0.1) is 0 Å². The van der Waals surface area contributed by atoms with Crippen molar-refractivity contribution >= 4 is 23.4 Å². The Hall–Kier alpha value is -3.91. The summed E-state index contributed by atoms with van der Waals surface area (Å²) in [6.45, 7) is 9.70. The molecule has 1 aliphatic heterocycles. The summed E-state index contributed by atoms with van der Waals surface area (Å²) in [7, 11) is 3.09. The fourth-order valence-electron chi connectivity index (χ4n) is 4.26. The van der Waals surface area contributed by atoms with Crippen molar-refractivity contribution in [3.63, 3.8) is 0 Å². The first-order chi connectivity index (χ1) is 17.8. The van der Waals surface area contributed by atoms with E-state index in [-0.39, 0.29) is 17.7 Å². The van der Waals surface area contributed by atoms with Crippen LogP contribution in [0.5, 0.6) is 11.5 Å². The van der Waals surface area contributed by atoms with Crippen molar-refractivity contribution in [2.45, 2.75) is 32.7 Å². The summed E-state index contributed by atoms with van der Waals surface area (Å²) in [6, 6.07) is 12.7. The monoisotopic (exact) mass is 518 g/mol. The van der Waals surface area contributed by atoms with E-state index >= 15 is 0 Å². The maximum absolute atomic E-state index is 13.8. The number of nitrogens with zero attached hydrogens (tertiary/aromatic N) is 2. The van der Waals surface area contributed by atoms with Gasteiger partial charge >= 0.3 is 5.97 Å². The molecule has 0 aliphatic carbocycles. The predicted octanol–water partition coefficient (Wildman–Crippen LogP) is 4.11. The van der Waals surface area contributed by atoms with Crippen LogP contribution < -0.4 is 24.4 Å². The van der Waals surface area contributed by atoms with Gasteiger partial charge < -0.3 is 14.2 Å². The number of fused-ring (bicyclic) bond motifs is 1. The minimum Gasteiger partial charge on any atom is -0.493 e. The molecule has 4 rings (SSSR count). The SMILES string of the molecule is C=CCOC(=O)C1=C(C)N=c2s/c(=C\c3ccc(C(C)C)cc3)c(=O)n2C1c1ccc(OC)c(OC)c1. The molecular formula is C29H30N2O5S. The van der Waals surface area contributed by atoms with E-state index in [4.69, 9.17) is 14.2 Å². The zero-order valence-electron chi connectivity index (χ0n) is 21.6. The van der Waals surface area contributed by atoms with Gasteiger partial charge in [-0.2, -0.15) is 0 Å². The van der Waals surface area contributed by atoms with Gasteiger partial charge in [-0.3, -0.25) is 9.36 Å². The number of benzene rings is 2. The fraction of sp³-hybridized carbons (Fsp3) is 0.276. The van der Waals surface area contributed by atoms with Crippen LogP contribution in [0.3, 0.4) is 0 Å². The molecule has 0 fully saturated rings. The molecule has 7 nitrogen and oxygen atoms in total. The van der Waals surface area contributed by atoms with Gasteiger partial charge in [0, 0.05) is 0 Å². The van der Waals surface area contributed by atoms with Crippen molar-refractivity contribution in [3.05, 3.63) is 103 Å². The predicted molar refractivity (Wildman–Crippen MR) is 145 cm³/mol. The molecule has 2 aromatic carbocycles. The van der Waals surface area contributed by atoms with E-state index in [1.54, 1.807) is 30.7 Å². The summed E-state index contributed by atoms with van der Waals surface area (Å²) in [5.41, 5.74) is 3.35. The number of methoxy groups -OCH3 is 2. The second-order valence-electron chi connectivity index (χ2n) is 8.90. The quantitative estimate of drug-likeness (QED) is 0.331. The van der Waals surface area contributed by atoms with Gasteiger partial charge in [0.25, 0.3) is 5.56 Å². The largest absolute Gasteiger partial charge is 0.493 e. The second-order valence-corrected chi connectivity index (χ2v) is 9.91. The molecule has 1 aliphatic rings. The number of esters is 1. The number of ether oxygens (including phenoxy) is 3. The minimum atomic E-state index is -0.751. The lowest BCUT2D eigenvalue weighted by atomic mass is 9.95. The van der Waals surface area contributed by atoms with Crippen molar-refractivity contribution in [2.24, 2.45) is 4.99 Å². The molecule has 0 saturated heterocycles. The number of hydrogen-bond donors (Lipinski definition) is 0. The molecule has 1 unspecified atom stereocenters. The Kier molecular flexibility index (Phi) is 7.78. The average Bonchev–Trinajstić information content (AvgIpc) is 3.20. The first-order valence-corrected chi connectivity index (χ1v) is 12.7. The highest BCUT2D eigenvalue weighted by Gasteiger charge is 2.34. The third-order valence-electron chi connectivity index (χ3n) is 6.20. The van der Waals surface area contributed by atoms with E-state index in [9.17, 15) is 9.59 Å². The summed E-state index contributed by atoms with van der Waals surface area (Å²) < 4.78 is 18.4. The molecule has 3 aromatic rings. The normalized spacial score (nSPS) is 15.3. The molecule has 0 spiro atoms. The Morgan fingerprint density at radius 3 is 2.46 bits per heavy atom. The average molecular weight is 519 g/mol. The summed E-state index contributed by atoms with van der Waals surface area (Å²) in [6.07, 6.45) is 3.35. The number of carbonyl (C=O) groups excluding carboxylic acids is 1. The maximum atomic E-state index is 13.8. The van der Waals surface area contributed by atoms with Gasteiger partial charge in [0.2, 0.25) is 0 Å². The lowest BCUT2D eigenvalue weighted by Gasteiger charge is -2.25. The fourth-order valence-corrected chi connectivity index (χ4v) is 5.31. The van der Waals surface area contributed by atoms with Gasteiger partial charge in [0.15, 0.2) is 16.3 Å². The van der Waals surface area contributed by atoms with Crippen molar-refractivity contribution in [2.75, 3.05) is 20.8 Å². The number of allylic oxidation sites excluding steroid dienone is 1. The van der Waals surface area contributed by atoms with Crippen LogP contribution in [-0.4, -0.2) is 31.4 Å². The molecule has 2 heterocycles. The molecule has 8 heteroatoms. The Morgan fingerprint density at radius 2 is 1.84 bits per heavy atom. The molecule has 0 saturated carbocycles. The Bertz CT molecular complexity index is 1540. The van der Waals surface area contributed by atoms with Gasteiger partial charge in [-0.25, -0.2) is 9.79 Å². The molecule has 0 amide bonds. The van der Waals surface area contributed by atoms with Crippen molar-refractivity contribution in [1.82, 2.24) is 4.57 Å². The maximum Gasteiger partial charge on any atom is 0.338 e. The van der Waals surface area contributed by atoms with Gasteiger partial charge in [-0.1, -0.05) is 68.2 Å². The first kappa shape index (κ1) is 26.2. The van der Waals surface area contributed by atoms with Gasteiger partial charge in [0.05, 0.1) is 36.1 Å². The van der Waals surface area contributed by atoms with Crippen LogP contribution in [-0.2, 0) is 9.53 Å². The molecule has 37 heavy (non-hydrogen) atoms. The smallest absolute Gasteiger partial charge is 0.338 e. The van der Waals surface area contributed by atoms with Crippen LogP contribution in [0.1, 0.15) is 49.4 Å². The molecule has 0 N–H and O–H groups in total. The zero-order chi connectivity index (χ0) is 26.7. The first-order valence-electron chi connectivity index (χ1n) is 11.9. The highest BCUT2D eigenvalue weighted by atomic mass is 32.1. The zero-order valence-corrected chi connectivity index (χ0v) is 22.4. The van der Waals surface area contributed by atoms with Gasteiger partial charge in [-0.05, 0) is 47.7 Å². The van der Waals surface area contributed by atoms with E-state index in [0.29, 0.717) is 38.0 Å². The molecule has 0 radical (unpaired) electrons. The van der Waals surface area contributed by atoms with Gasteiger partial charge in [0.1, 0.15) is 6.61 Å². The van der Waals surface area contributed by atoms with Crippen molar-refractivity contribution in [1.29, 1.82) is 0 Å². The van der Waals surface area contributed by atoms with Crippen LogP contribution in [0.15, 0.2) is 76.2 Å². The van der Waals surface area contributed by atoms with E-state index in [1.807, 2.05) is 24.3 Å². The molecule has 0 bridgehead atoms. The van der Waals surface area contributed by atoms with E-state index in [1.165, 1.54) is 30.1 Å². The summed E-state index contributed by atoms with van der Waals surface area (Å²) in [4.78, 5) is 32.1. The van der Waals surface area contributed by atoms with Crippen LogP contribution in [0.2, 0.25) is 0 Å². The van der Waals surface area contributed by atoms with E-state index < -0.39 is 12.0 Å². The Morgan fingerprint density at radius 1 is 1.14 bits per heavy atom. The van der Waals surface area contributed by atoms with Crippen molar-refractivity contribution < 1.29 is 19.0 Å². The molecule has 192 valence electrons. The lowest BCUT2D eigenvalue weighted by Crippen LogP contribution is -2.40. The highest BCUT2D eigenvalue weighted by molar-refractivity contribution is 7.07. The van der Waals surface area contributed by atoms with Crippen LogP contribution in [0, 0.1) is 0 Å². The lowest BCUT2D eigenvalue weighted by molar-refractivity contribution is -0.138. The number of hydrogen-bond acceptors (Lipinski definition) is 7. The standard InChI is InChI=1S/C29H30N2O5S/c1-7-14-36-28(33)25-18(4)30-29-31(26(25)21-12-13-22(34-5)23(16-21)35-6)27(32)24(37-29)15-19-8-10-20(11-9-19)17(2)3/h7-13,15-17,26H,1,14H2,2-6H3/b24-15-. The molecule has 1 atom stereocenters. The third kappa shape index (κ3) is 5.15. The second kappa shape index (κ2) is 11.0. The minimum absolute atomic E-state index is 0.0467. The number of carbonyl (C=O) groups is 1. The molecule has 1 aromatic heterocycles. The van der Waals surface area contributed by atoms with E-state index in [0.717, 1.165) is 5.56 Å². The third-order valence-corrected chi connectivity index (χ3v) is 7.18. The number of thiazole rings is 1. The van der Waals surface area contributed by atoms with Crippen LogP contribution in [0.25, 0.3) is 6.08 Å². The molecular weight excluding hydrogens is 488 g/mol. The summed E-state index contributed by atoms with van der Waals surface area (Å²) in [5.74, 6) is 0.892. The van der Waals surface area contributed by atoms with Crippen LogP contribution >= 0.6 is 11.3 Å². The Balaban J connectivity index is 1.91. The highest BCUT2D eigenvalue weighted by Crippen LogP contribution is 2.36. The Labute approximate surface area is 219 Å². The summed E-state index contributed by atoms with van der Waals surface area (Å²) in [5, 5.41) is 0. The van der Waals surface area contributed by atoms with Crippen molar-refractivity contribution in [3.8, 4) is 11.5 Å². The summed E-state index contributed by atoms with van der Waals surface area (Å²) >= 11 is 1.29. The van der Waals surface area contributed by atoms with E-state index in [2.05, 4.69) is 37.6 Å². The topological polar surface area (TPSA) is 79.1 Å². The van der Waals surface area contributed by atoms with Crippen LogP contribution in [0.4, 0.5) is 0 Å².